The van der Waals surface area contributed by atoms with Gasteiger partial charge in [0.1, 0.15) is 0 Å². The third-order valence-corrected chi connectivity index (χ3v) is 3.70. The minimum Gasteiger partial charge on any atom is -0.336 e. The second kappa shape index (κ2) is 8.00. The van der Waals surface area contributed by atoms with E-state index in [2.05, 4.69) is 5.32 Å². The van der Waals surface area contributed by atoms with Crippen LogP contribution in [0, 0.1) is 5.92 Å². The molecule has 0 spiro atoms. The van der Waals surface area contributed by atoms with Crippen LogP contribution in [0.2, 0.25) is 0 Å². The van der Waals surface area contributed by atoms with Gasteiger partial charge >= 0.3 is 0 Å². The van der Waals surface area contributed by atoms with Crippen molar-refractivity contribution in [2.45, 2.75) is 25.3 Å². The highest BCUT2D eigenvalue weighted by Crippen LogP contribution is 2.25. The molecule has 2 amide bonds. The van der Waals surface area contributed by atoms with Crippen LogP contribution in [0.15, 0.2) is 30.3 Å². The fourth-order valence-electron chi connectivity index (χ4n) is 2.59. The van der Waals surface area contributed by atoms with Crippen LogP contribution < -0.4 is 11.1 Å². The predicted octanol–water partition coefficient (Wildman–Crippen LogP) is 1.63. The van der Waals surface area contributed by atoms with Gasteiger partial charge in [0.15, 0.2) is 0 Å². The van der Waals surface area contributed by atoms with E-state index in [0.29, 0.717) is 0 Å². The van der Waals surface area contributed by atoms with E-state index in [1.165, 1.54) is 4.90 Å². The third-order valence-electron chi connectivity index (χ3n) is 3.70. The molecular weight excluding hydrogens is 290 g/mol. The van der Waals surface area contributed by atoms with Crippen LogP contribution in [0.3, 0.4) is 0 Å². The van der Waals surface area contributed by atoms with Crippen LogP contribution in [0.1, 0.15) is 19.3 Å². The number of carbonyl (C=O) groups is 2. The van der Waals surface area contributed by atoms with Gasteiger partial charge in [-0.05, 0) is 25.0 Å². The number of anilines is 1. The van der Waals surface area contributed by atoms with Gasteiger partial charge in [-0.2, -0.15) is 0 Å². The molecular formula is C15H22ClN3O2. The summed E-state index contributed by atoms with van der Waals surface area (Å²) >= 11 is 0. The Morgan fingerprint density at radius 1 is 1.29 bits per heavy atom. The van der Waals surface area contributed by atoms with Crippen molar-refractivity contribution in [3.63, 3.8) is 0 Å². The van der Waals surface area contributed by atoms with Crippen LogP contribution >= 0.6 is 12.4 Å². The van der Waals surface area contributed by atoms with E-state index in [4.69, 9.17) is 5.73 Å². The largest absolute Gasteiger partial charge is 0.336 e. The second-order valence-corrected chi connectivity index (χ2v) is 5.31. The molecule has 1 aliphatic carbocycles. The van der Waals surface area contributed by atoms with Gasteiger partial charge in [-0.3, -0.25) is 9.59 Å². The highest BCUT2D eigenvalue weighted by molar-refractivity contribution is 5.94. The lowest BCUT2D eigenvalue weighted by atomic mass is 10.0. The summed E-state index contributed by atoms with van der Waals surface area (Å²) in [5.74, 6) is -0.360. The first kappa shape index (κ1) is 17.5. The first-order chi connectivity index (χ1) is 9.58. The molecule has 1 aromatic rings. The molecule has 6 heteroatoms. The predicted molar refractivity (Wildman–Crippen MR) is 85.3 cm³/mol. The topological polar surface area (TPSA) is 75.4 Å². The number of nitrogens with two attached hydrogens (primary N) is 1. The second-order valence-electron chi connectivity index (χ2n) is 5.31. The number of rotatable bonds is 4. The third kappa shape index (κ3) is 4.72. The van der Waals surface area contributed by atoms with Crippen molar-refractivity contribution >= 4 is 29.9 Å². The Bertz CT molecular complexity index is 481. The molecule has 0 heterocycles. The number of likely N-dealkylation sites (N-methyl/N-ethyl adjacent to an activating group) is 1. The van der Waals surface area contributed by atoms with Crippen molar-refractivity contribution in [2.75, 3.05) is 18.9 Å². The minimum absolute atomic E-state index is 0. The van der Waals surface area contributed by atoms with Crippen molar-refractivity contribution in [3.05, 3.63) is 30.3 Å². The molecule has 21 heavy (non-hydrogen) atoms. The lowest BCUT2D eigenvalue weighted by Crippen LogP contribution is -2.42. The normalized spacial score (nSPS) is 20.5. The standard InChI is InChI=1S/C15H21N3O2.ClH/c1-18(15(20)12-8-5-9-13(12)16)10-14(19)17-11-6-3-2-4-7-11;/h2-4,6-7,12-13H,5,8-10,16H2,1H3,(H,17,19);1H. The number of nitrogens with one attached hydrogen (secondary N) is 1. The Balaban J connectivity index is 0.00000220. The maximum Gasteiger partial charge on any atom is 0.243 e. The average molecular weight is 312 g/mol. The Morgan fingerprint density at radius 2 is 1.95 bits per heavy atom. The van der Waals surface area contributed by atoms with Crippen molar-refractivity contribution < 1.29 is 9.59 Å². The molecule has 2 unspecified atom stereocenters. The molecule has 1 aliphatic rings. The number of hydrogen-bond donors (Lipinski definition) is 2. The molecule has 0 radical (unpaired) electrons. The summed E-state index contributed by atoms with van der Waals surface area (Å²) in [4.78, 5) is 25.6. The fraction of sp³-hybridized carbons (Fsp3) is 0.467. The van der Waals surface area contributed by atoms with E-state index in [0.717, 1.165) is 24.9 Å². The summed E-state index contributed by atoms with van der Waals surface area (Å²) in [6, 6.07) is 9.14. The number of halogens is 1. The van der Waals surface area contributed by atoms with E-state index < -0.39 is 0 Å². The van der Waals surface area contributed by atoms with Gasteiger partial charge in [-0.15, -0.1) is 12.4 Å². The summed E-state index contributed by atoms with van der Waals surface area (Å²) in [5.41, 5.74) is 6.66. The van der Waals surface area contributed by atoms with Crippen LogP contribution in [0.25, 0.3) is 0 Å². The first-order valence-corrected chi connectivity index (χ1v) is 6.93. The van der Waals surface area contributed by atoms with E-state index >= 15 is 0 Å². The number of carbonyl (C=O) groups excluding carboxylic acids is 2. The lowest BCUT2D eigenvalue weighted by Gasteiger charge is -2.22. The molecule has 2 atom stereocenters. The minimum atomic E-state index is -0.196. The Kier molecular flexibility index (Phi) is 6.65. The first-order valence-electron chi connectivity index (χ1n) is 6.93. The highest BCUT2D eigenvalue weighted by atomic mass is 35.5. The summed E-state index contributed by atoms with van der Waals surface area (Å²) < 4.78 is 0. The Hall–Kier alpha value is -1.59. The molecule has 3 N–H and O–H groups in total. The summed E-state index contributed by atoms with van der Waals surface area (Å²) in [5, 5.41) is 2.77. The number of hydrogen-bond acceptors (Lipinski definition) is 3. The number of para-hydroxylation sites is 1. The maximum atomic E-state index is 12.2. The molecule has 0 bridgehead atoms. The monoisotopic (exact) mass is 311 g/mol. The molecule has 0 aromatic heterocycles. The number of amides is 2. The smallest absolute Gasteiger partial charge is 0.243 e. The van der Waals surface area contributed by atoms with E-state index in [9.17, 15) is 9.59 Å². The van der Waals surface area contributed by atoms with Crippen LogP contribution in [0.4, 0.5) is 5.69 Å². The molecule has 0 aliphatic heterocycles. The van der Waals surface area contributed by atoms with Crippen molar-refractivity contribution in [1.29, 1.82) is 0 Å². The SMILES string of the molecule is CN(CC(=O)Nc1ccccc1)C(=O)C1CCCC1N.Cl. The highest BCUT2D eigenvalue weighted by Gasteiger charge is 2.32. The van der Waals surface area contributed by atoms with Gasteiger partial charge in [0.05, 0.1) is 12.5 Å². The molecule has 0 saturated heterocycles. The van der Waals surface area contributed by atoms with Crippen LogP contribution in [-0.2, 0) is 9.59 Å². The molecule has 1 saturated carbocycles. The zero-order valence-corrected chi connectivity index (χ0v) is 12.9. The molecule has 5 nitrogen and oxygen atoms in total. The zero-order chi connectivity index (χ0) is 14.5. The Morgan fingerprint density at radius 3 is 2.52 bits per heavy atom. The van der Waals surface area contributed by atoms with Gasteiger partial charge < -0.3 is 16.0 Å². The summed E-state index contributed by atoms with van der Waals surface area (Å²) in [6.07, 6.45) is 2.70. The van der Waals surface area contributed by atoms with Gasteiger partial charge in [-0.1, -0.05) is 24.6 Å². The van der Waals surface area contributed by atoms with Crippen LogP contribution in [-0.4, -0.2) is 36.3 Å². The quantitative estimate of drug-likeness (QED) is 0.887. The van der Waals surface area contributed by atoms with Gasteiger partial charge in [0.2, 0.25) is 11.8 Å². The maximum absolute atomic E-state index is 12.2. The number of benzene rings is 1. The van der Waals surface area contributed by atoms with Gasteiger partial charge in [0, 0.05) is 18.8 Å². The van der Waals surface area contributed by atoms with Crippen LogP contribution in [0.5, 0.6) is 0 Å². The molecule has 1 fully saturated rings. The number of nitrogens with zero attached hydrogens (tertiary/aromatic N) is 1. The Labute approximate surface area is 131 Å². The van der Waals surface area contributed by atoms with E-state index in [1.54, 1.807) is 7.05 Å². The summed E-state index contributed by atoms with van der Waals surface area (Å²) in [7, 11) is 1.65. The summed E-state index contributed by atoms with van der Waals surface area (Å²) in [6.45, 7) is 0.0525. The zero-order valence-electron chi connectivity index (χ0n) is 12.1. The molecule has 2 rings (SSSR count). The lowest BCUT2D eigenvalue weighted by molar-refractivity contribution is -0.137. The van der Waals surface area contributed by atoms with E-state index in [1.807, 2.05) is 30.3 Å². The van der Waals surface area contributed by atoms with Gasteiger partial charge in [0.25, 0.3) is 0 Å². The van der Waals surface area contributed by atoms with Crippen molar-refractivity contribution in [3.8, 4) is 0 Å². The van der Waals surface area contributed by atoms with E-state index in [-0.39, 0.29) is 42.7 Å². The molecule has 116 valence electrons. The van der Waals surface area contributed by atoms with Crippen molar-refractivity contribution in [1.82, 2.24) is 4.90 Å². The molecule has 1 aromatic carbocycles. The van der Waals surface area contributed by atoms with Gasteiger partial charge in [-0.25, -0.2) is 0 Å². The average Bonchev–Trinajstić information content (AvgIpc) is 2.85. The fourth-order valence-corrected chi connectivity index (χ4v) is 2.59. The van der Waals surface area contributed by atoms with Crippen molar-refractivity contribution in [2.24, 2.45) is 11.7 Å².